The third-order valence-electron chi connectivity index (χ3n) is 3.97. The van der Waals surface area contributed by atoms with Crippen molar-refractivity contribution in [1.82, 2.24) is 9.79 Å². The van der Waals surface area contributed by atoms with Crippen LogP contribution in [0.3, 0.4) is 0 Å². The van der Waals surface area contributed by atoms with Crippen LogP contribution in [0.2, 0.25) is 0 Å². The molecule has 0 aliphatic rings. The Morgan fingerprint density at radius 3 is 2.10 bits per heavy atom. The van der Waals surface area contributed by atoms with Crippen molar-refractivity contribution in [1.29, 1.82) is 0 Å². The number of carbonyl (C=O) groups is 1. The standard InChI is InChI=1S/C16H15N5O8S/c1-10(16(22)17-23)18(9-11-2-4-12(5-3-11)19(24)25)30-15-7-6-13(20(26)27)8-14(15)21(28)29/h2-8,10,23H,9H2,1H3,(H,17,22)/t10-/m0/s1. The largest absolute Gasteiger partial charge is 0.291 e. The Labute approximate surface area is 172 Å². The molecular formula is C16H15N5O8S. The van der Waals surface area contributed by atoms with Gasteiger partial charge in [0.25, 0.3) is 23.0 Å². The van der Waals surface area contributed by atoms with Crippen molar-refractivity contribution in [3.05, 3.63) is 78.4 Å². The Bertz CT molecular complexity index is 984. The molecule has 0 heterocycles. The van der Waals surface area contributed by atoms with Crippen LogP contribution in [0.1, 0.15) is 12.5 Å². The van der Waals surface area contributed by atoms with Gasteiger partial charge in [-0.05, 0) is 30.5 Å². The zero-order valence-corrected chi connectivity index (χ0v) is 16.1. The molecule has 0 bridgehead atoms. The molecule has 0 spiro atoms. The summed E-state index contributed by atoms with van der Waals surface area (Å²) in [7, 11) is 0. The minimum absolute atomic E-state index is 0.0192. The van der Waals surface area contributed by atoms with E-state index < -0.39 is 38.1 Å². The second kappa shape index (κ2) is 9.73. The Balaban J connectivity index is 2.38. The van der Waals surface area contributed by atoms with Gasteiger partial charge in [0.2, 0.25) is 0 Å². The Morgan fingerprint density at radius 2 is 1.60 bits per heavy atom. The van der Waals surface area contributed by atoms with Crippen molar-refractivity contribution >= 4 is 34.9 Å². The summed E-state index contributed by atoms with van der Waals surface area (Å²) < 4.78 is 1.39. The van der Waals surface area contributed by atoms with Gasteiger partial charge in [-0.15, -0.1) is 0 Å². The fourth-order valence-corrected chi connectivity index (χ4v) is 3.42. The minimum atomic E-state index is -0.981. The summed E-state index contributed by atoms with van der Waals surface area (Å²) in [6, 6.07) is 7.56. The minimum Gasteiger partial charge on any atom is -0.289 e. The number of hydrogen-bond acceptors (Lipinski definition) is 10. The number of nitrogens with zero attached hydrogens (tertiary/aromatic N) is 4. The molecular weight excluding hydrogens is 422 g/mol. The van der Waals surface area contributed by atoms with E-state index in [0.717, 1.165) is 24.1 Å². The molecule has 2 aromatic carbocycles. The van der Waals surface area contributed by atoms with E-state index in [-0.39, 0.29) is 17.1 Å². The highest BCUT2D eigenvalue weighted by molar-refractivity contribution is 7.97. The fourth-order valence-electron chi connectivity index (χ4n) is 2.34. The molecule has 158 valence electrons. The SMILES string of the molecule is C[C@@H](C(=O)NO)N(Cc1ccc([N+](=O)[O-])cc1)Sc1ccc([N+](=O)[O-])cc1[N+](=O)[O-]. The smallest absolute Gasteiger partial charge is 0.289 e. The van der Waals surface area contributed by atoms with Crippen LogP contribution in [0.5, 0.6) is 0 Å². The number of benzene rings is 2. The molecule has 1 atom stereocenters. The Hall–Kier alpha value is -3.62. The van der Waals surface area contributed by atoms with Crippen LogP contribution in [0.15, 0.2) is 47.4 Å². The van der Waals surface area contributed by atoms with Gasteiger partial charge in [-0.25, -0.2) is 9.79 Å². The molecule has 2 N–H and O–H groups in total. The molecule has 30 heavy (non-hydrogen) atoms. The van der Waals surface area contributed by atoms with Gasteiger partial charge >= 0.3 is 0 Å². The molecule has 0 unspecified atom stereocenters. The molecule has 0 aliphatic carbocycles. The lowest BCUT2D eigenvalue weighted by atomic mass is 10.2. The lowest BCUT2D eigenvalue weighted by molar-refractivity contribution is -0.396. The quantitative estimate of drug-likeness (QED) is 0.256. The highest BCUT2D eigenvalue weighted by Crippen LogP contribution is 2.36. The molecule has 13 nitrogen and oxygen atoms in total. The highest BCUT2D eigenvalue weighted by atomic mass is 32.2. The number of carbonyl (C=O) groups excluding carboxylic acids is 1. The van der Waals surface area contributed by atoms with E-state index in [1.807, 2.05) is 0 Å². The summed E-state index contributed by atoms with van der Waals surface area (Å²) in [5.74, 6) is -0.797. The first kappa shape index (κ1) is 22.7. The number of hydrogen-bond donors (Lipinski definition) is 2. The third kappa shape index (κ3) is 5.47. The van der Waals surface area contributed by atoms with Crippen LogP contribution < -0.4 is 5.48 Å². The fraction of sp³-hybridized carbons (Fsp3) is 0.188. The Morgan fingerprint density at radius 1 is 1.03 bits per heavy atom. The van der Waals surface area contributed by atoms with Crippen LogP contribution in [0.4, 0.5) is 17.1 Å². The van der Waals surface area contributed by atoms with Gasteiger partial charge in [0, 0.05) is 24.7 Å². The van der Waals surface area contributed by atoms with Gasteiger partial charge in [-0.2, -0.15) is 0 Å². The molecule has 14 heteroatoms. The summed E-state index contributed by atoms with van der Waals surface area (Å²) in [5, 5.41) is 42.0. The molecule has 0 fully saturated rings. The second-order valence-corrected chi connectivity index (χ2v) is 7.00. The molecule has 0 aliphatic heterocycles. The summed E-state index contributed by atoms with van der Waals surface area (Å²) >= 11 is 0.784. The lowest BCUT2D eigenvalue weighted by Crippen LogP contribution is -2.40. The number of hydroxylamine groups is 1. The van der Waals surface area contributed by atoms with E-state index in [4.69, 9.17) is 5.21 Å². The maximum absolute atomic E-state index is 11.9. The van der Waals surface area contributed by atoms with Crippen molar-refractivity contribution in [2.24, 2.45) is 0 Å². The van der Waals surface area contributed by atoms with Gasteiger partial charge in [0.05, 0.1) is 26.9 Å². The molecule has 2 aromatic rings. The third-order valence-corrected chi connectivity index (χ3v) is 5.19. The number of nitro groups is 3. The molecule has 2 rings (SSSR count). The van der Waals surface area contributed by atoms with Gasteiger partial charge in [-0.1, -0.05) is 12.1 Å². The lowest BCUT2D eigenvalue weighted by Gasteiger charge is -2.26. The van der Waals surface area contributed by atoms with Crippen molar-refractivity contribution < 1.29 is 24.8 Å². The van der Waals surface area contributed by atoms with E-state index in [0.29, 0.717) is 5.56 Å². The van der Waals surface area contributed by atoms with E-state index in [1.165, 1.54) is 47.0 Å². The number of rotatable bonds is 9. The number of nitro benzene ring substituents is 3. The number of amides is 1. The average Bonchev–Trinajstić information content (AvgIpc) is 2.72. The van der Waals surface area contributed by atoms with Crippen LogP contribution in [-0.2, 0) is 11.3 Å². The van der Waals surface area contributed by atoms with Gasteiger partial charge in [0.15, 0.2) is 0 Å². The first-order valence-electron chi connectivity index (χ1n) is 8.18. The number of nitrogens with one attached hydrogen (secondary N) is 1. The zero-order chi connectivity index (χ0) is 22.4. The van der Waals surface area contributed by atoms with Crippen molar-refractivity contribution in [3.8, 4) is 0 Å². The Kier molecular flexibility index (Phi) is 7.35. The van der Waals surface area contributed by atoms with Crippen molar-refractivity contribution in [2.45, 2.75) is 24.4 Å². The first-order chi connectivity index (χ1) is 14.1. The maximum atomic E-state index is 11.9. The summed E-state index contributed by atoms with van der Waals surface area (Å²) in [4.78, 5) is 42.9. The molecule has 0 saturated carbocycles. The van der Waals surface area contributed by atoms with E-state index in [9.17, 15) is 35.1 Å². The van der Waals surface area contributed by atoms with Crippen LogP contribution >= 0.6 is 11.9 Å². The number of non-ortho nitro benzene ring substituents is 2. The zero-order valence-electron chi connectivity index (χ0n) is 15.3. The van der Waals surface area contributed by atoms with Gasteiger partial charge < -0.3 is 0 Å². The summed E-state index contributed by atoms with van der Waals surface area (Å²) in [6.45, 7) is 1.45. The van der Waals surface area contributed by atoms with Crippen LogP contribution in [-0.4, -0.2) is 36.2 Å². The van der Waals surface area contributed by atoms with E-state index >= 15 is 0 Å². The normalized spacial score (nSPS) is 11.7. The predicted molar refractivity (Wildman–Crippen MR) is 104 cm³/mol. The summed E-state index contributed by atoms with van der Waals surface area (Å²) in [5.41, 5.74) is 0.921. The van der Waals surface area contributed by atoms with Gasteiger partial charge in [-0.3, -0.25) is 40.3 Å². The van der Waals surface area contributed by atoms with E-state index in [1.54, 1.807) is 0 Å². The van der Waals surface area contributed by atoms with Crippen molar-refractivity contribution in [3.63, 3.8) is 0 Å². The van der Waals surface area contributed by atoms with Crippen LogP contribution in [0.25, 0.3) is 0 Å². The van der Waals surface area contributed by atoms with Crippen molar-refractivity contribution in [2.75, 3.05) is 0 Å². The molecule has 1 amide bonds. The molecule has 0 radical (unpaired) electrons. The highest BCUT2D eigenvalue weighted by Gasteiger charge is 2.27. The molecule has 0 saturated heterocycles. The predicted octanol–water partition coefficient (Wildman–Crippen LogP) is 2.81. The summed E-state index contributed by atoms with van der Waals surface area (Å²) in [6.07, 6.45) is 0. The second-order valence-electron chi connectivity index (χ2n) is 5.91. The maximum Gasteiger partial charge on any atom is 0.291 e. The molecule has 0 aromatic heterocycles. The van der Waals surface area contributed by atoms with E-state index in [2.05, 4.69) is 0 Å². The topological polar surface area (TPSA) is 182 Å². The van der Waals surface area contributed by atoms with Crippen LogP contribution in [0, 0.1) is 30.3 Å². The average molecular weight is 437 g/mol. The monoisotopic (exact) mass is 437 g/mol. The first-order valence-corrected chi connectivity index (χ1v) is 8.96. The van der Waals surface area contributed by atoms with Gasteiger partial charge in [0.1, 0.15) is 4.90 Å².